The van der Waals surface area contributed by atoms with Gasteiger partial charge in [0.05, 0.1) is 16.4 Å². The van der Waals surface area contributed by atoms with Gasteiger partial charge in [-0.1, -0.05) is 0 Å². The quantitative estimate of drug-likeness (QED) is 0.900. The number of hydrogen-bond donors (Lipinski definition) is 1. The first-order valence-electron chi connectivity index (χ1n) is 7.77. The summed E-state index contributed by atoms with van der Waals surface area (Å²) in [5.41, 5.74) is 0.785. The molecule has 0 radical (unpaired) electrons. The van der Waals surface area contributed by atoms with E-state index in [9.17, 15) is 13.2 Å². The first-order chi connectivity index (χ1) is 10.7. The van der Waals surface area contributed by atoms with E-state index in [4.69, 9.17) is 4.74 Å². The molecule has 7 heteroatoms. The largest absolute Gasteiger partial charge is 0.377 e. The van der Waals surface area contributed by atoms with Gasteiger partial charge in [0.1, 0.15) is 0 Å². The van der Waals surface area contributed by atoms with Gasteiger partial charge in [-0.2, -0.15) is 0 Å². The Morgan fingerprint density at radius 2 is 2.13 bits per heavy atom. The molecule has 1 amide bonds. The zero-order chi connectivity index (χ0) is 16.8. The van der Waals surface area contributed by atoms with Crippen LogP contribution in [0.4, 0.5) is 5.69 Å². The Kier molecular flexibility index (Phi) is 3.98. The first-order valence-corrected chi connectivity index (χ1v) is 9.26. The van der Waals surface area contributed by atoms with Crippen molar-refractivity contribution < 1.29 is 17.9 Å². The molecule has 0 aromatic heterocycles. The van der Waals surface area contributed by atoms with E-state index < -0.39 is 15.4 Å². The number of carbonyl (C=O) groups excluding carboxylic acids is 1. The molecular weight excluding hydrogens is 316 g/mol. The zero-order valence-corrected chi connectivity index (χ0v) is 14.4. The molecule has 1 atom stereocenters. The summed E-state index contributed by atoms with van der Waals surface area (Å²) in [6, 6.07) is 4.85. The fourth-order valence-corrected chi connectivity index (χ4v) is 4.30. The monoisotopic (exact) mass is 338 g/mol. The Morgan fingerprint density at radius 1 is 1.39 bits per heavy atom. The van der Waals surface area contributed by atoms with Crippen LogP contribution >= 0.6 is 0 Å². The maximum atomic E-state index is 12.5. The van der Waals surface area contributed by atoms with Gasteiger partial charge in [0.15, 0.2) is 0 Å². The number of sulfonamides is 1. The minimum Gasteiger partial charge on any atom is -0.377 e. The Labute approximate surface area is 136 Å². The second-order valence-electron chi connectivity index (χ2n) is 6.66. The highest BCUT2D eigenvalue weighted by Gasteiger charge is 2.42. The predicted octanol–water partition coefficient (Wildman–Crippen LogP) is 1.40. The Morgan fingerprint density at radius 3 is 2.78 bits per heavy atom. The van der Waals surface area contributed by atoms with E-state index in [1.807, 2.05) is 13.8 Å². The minimum atomic E-state index is -3.61. The average Bonchev–Trinajstić information content (AvgIpc) is 3.09. The van der Waals surface area contributed by atoms with Gasteiger partial charge in [-0.15, -0.1) is 0 Å². The van der Waals surface area contributed by atoms with E-state index >= 15 is 0 Å². The van der Waals surface area contributed by atoms with E-state index in [1.54, 1.807) is 30.1 Å². The van der Waals surface area contributed by atoms with E-state index in [0.29, 0.717) is 6.61 Å². The molecule has 2 heterocycles. The van der Waals surface area contributed by atoms with Crippen molar-refractivity contribution in [2.75, 3.05) is 25.1 Å². The highest BCUT2D eigenvalue weighted by atomic mass is 32.2. The maximum Gasteiger partial charge on any atom is 0.240 e. The molecule has 0 aliphatic carbocycles. The van der Waals surface area contributed by atoms with Gasteiger partial charge >= 0.3 is 0 Å². The van der Waals surface area contributed by atoms with Crippen molar-refractivity contribution in [1.82, 2.24) is 4.72 Å². The molecule has 0 spiro atoms. The summed E-state index contributed by atoms with van der Waals surface area (Å²) < 4.78 is 33.0. The number of fused-ring (bicyclic) bond motifs is 1. The van der Waals surface area contributed by atoms with Gasteiger partial charge in [-0.25, -0.2) is 13.1 Å². The van der Waals surface area contributed by atoms with Crippen LogP contribution in [0.2, 0.25) is 0 Å². The summed E-state index contributed by atoms with van der Waals surface area (Å²) in [6.45, 7) is 4.59. The lowest BCUT2D eigenvalue weighted by Gasteiger charge is -2.17. The fourth-order valence-electron chi connectivity index (χ4n) is 3.21. The van der Waals surface area contributed by atoms with Crippen LogP contribution in [0, 0.1) is 0 Å². The van der Waals surface area contributed by atoms with Crippen LogP contribution in [0.25, 0.3) is 0 Å². The summed E-state index contributed by atoms with van der Waals surface area (Å²) >= 11 is 0. The van der Waals surface area contributed by atoms with Crippen LogP contribution in [0.1, 0.15) is 32.3 Å². The standard InChI is InChI=1S/C16H22N2O4S/c1-16(2)13-9-12(6-7-14(13)18(3)15(16)19)23(20,21)17-10-11-5-4-8-22-11/h6-7,9,11,17H,4-5,8,10H2,1-3H3/t11-/m0/s1. The lowest BCUT2D eigenvalue weighted by Crippen LogP contribution is -2.33. The average molecular weight is 338 g/mol. The lowest BCUT2D eigenvalue weighted by molar-refractivity contribution is -0.121. The number of rotatable bonds is 4. The van der Waals surface area contributed by atoms with Crippen molar-refractivity contribution in [3.63, 3.8) is 0 Å². The number of anilines is 1. The molecule has 1 N–H and O–H groups in total. The van der Waals surface area contributed by atoms with Crippen molar-refractivity contribution >= 4 is 21.6 Å². The molecule has 6 nitrogen and oxygen atoms in total. The molecule has 3 rings (SSSR count). The van der Waals surface area contributed by atoms with Gasteiger partial charge in [0.25, 0.3) is 0 Å². The number of nitrogens with one attached hydrogen (secondary N) is 1. The third-order valence-electron chi connectivity index (χ3n) is 4.68. The van der Waals surface area contributed by atoms with Crippen LogP contribution in [0.5, 0.6) is 0 Å². The molecule has 2 aliphatic heterocycles. The fraction of sp³-hybridized carbons (Fsp3) is 0.562. The summed E-state index contributed by atoms with van der Waals surface area (Å²) in [7, 11) is -1.91. The van der Waals surface area contributed by atoms with Crippen LogP contribution in [-0.2, 0) is 25.0 Å². The minimum absolute atomic E-state index is 0.0330. The summed E-state index contributed by atoms with van der Waals surface area (Å²) in [4.78, 5) is 14.0. The second-order valence-corrected chi connectivity index (χ2v) is 8.42. The maximum absolute atomic E-state index is 12.5. The van der Waals surface area contributed by atoms with E-state index in [2.05, 4.69) is 4.72 Å². The van der Waals surface area contributed by atoms with E-state index in [1.165, 1.54) is 0 Å². The number of likely N-dealkylation sites (N-methyl/N-ethyl adjacent to an activating group) is 1. The normalized spacial score (nSPS) is 23.3. The number of carbonyl (C=O) groups is 1. The van der Waals surface area contributed by atoms with Crippen LogP contribution in [-0.4, -0.2) is 40.6 Å². The Balaban J connectivity index is 1.87. The van der Waals surface area contributed by atoms with E-state index in [0.717, 1.165) is 24.1 Å². The van der Waals surface area contributed by atoms with Crippen molar-refractivity contribution in [2.24, 2.45) is 0 Å². The van der Waals surface area contributed by atoms with Gasteiger partial charge < -0.3 is 9.64 Å². The number of benzene rings is 1. The highest BCUT2D eigenvalue weighted by molar-refractivity contribution is 7.89. The molecule has 1 fully saturated rings. The molecule has 126 valence electrons. The number of nitrogens with zero attached hydrogens (tertiary/aromatic N) is 1. The van der Waals surface area contributed by atoms with Crippen molar-refractivity contribution in [3.05, 3.63) is 23.8 Å². The molecule has 1 aromatic carbocycles. The van der Waals surface area contributed by atoms with Gasteiger partial charge in [-0.05, 0) is 50.5 Å². The van der Waals surface area contributed by atoms with E-state index in [-0.39, 0.29) is 23.5 Å². The highest BCUT2D eigenvalue weighted by Crippen LogP contribution is 2.41. The summed E-state index contributed by atoms with van der Waals surface area (Å²) in [5, 5.41) is 0. The van der Waals surface area contributed by atoms with Gasteiger partial charge in [-0.3, -0.25) is 4.79 Å². The molecular formula is C16H22N2O4S. The Bertz CT molecular complexity index is 736. The first kappa shape index (κ1) is 16.4. The van der Waals surface area contributed by atoms with Crippen molar-refractivity contribution in [1.29, 1.82) is 0 Å². The molecule has 0 saturated carbocycles. The SMILES string of the molecule is CN1C(=O)C(C)(C)c2cc(S(=O)(=O)NC[C@@H]3CCCO3)ccc21. The third-order valence-corrected chi connectivity index (χ3v) is 6.10. The van der Waals surface area contributed by atoms with Crippen molar-refractivity contribution in [2.45, 2.75) is 43.1 Å². The number of amides is 1. The Hall–Kier alpha value is -1.44. The van der Waals surface area contributed by atoms with Crippen LogP contribution in [0.3, 0.4) is 0 Å². The second kappa shape index (κ2) is 5.58. The molecule has 2 aliphatic rings. The molecule has 0 bridgehead atoms. The lowest BCUT2D eigenvalue weighted by atomic mass is 9.86. The summed E-state index contributed by atoms with van der Waals surface area (Å²) in [6.07, 6.45) is 1.79. The number of ether oxygens (including phenoxy) is 1. The van der Waals surface area contributed by atoms with Gasteiger partial charge in [0, 0.05) is 25.9 Å². The molecule has 1 aromatic rings. The molecule has 1 saturated heterocycles. The van der Waals surface area contributed by atoms with Crippen LogP contribution < -0.4 is 9.62 Å². The smallest absolute Gasteiger partial charge is 0.240 e. The summed E-state index contributed by atoms with van der Waals surface area (Å²) in [5.74, 6) is -0.0330. The third kappa shape index (κ3) is 2.77. The predicted molar refractivity (Wildman–Crippen MR) is 87.0 cm³/mol. The molecule has 23 heavy (non-hydrogen) atoms. The van der Waals surface area contributed by atoms with Crippen LogP contribution in [0.15, 0.2) is 23.1 Å². The van der Waals surface area contributed by atoms with Gasteiger partial charge in [0.2, 0.25) is 15.9 Å². The molecule has 0 unspecified atom stereocenters. The van der Waals surface area contributed by atoms with Crippen molar-refractivity contribution in [3.8, 4) is 0 Å². The number of hydrogen-bond acceptors (Lipinski definition) is 4. The topological polar surface area (TPSA) is 75.7 Å². The zero-order valence-electron chi connectivity index (χ0n) is 13.6.